The molecule has 0 spiro atoms. The van der Waals surface area contributed by atoms with Crippen molar-refractivity contribution < 1.29 is 4.21 Å². The van der Waals surface area contributed by atoms with Crippen LogP contribution in [0.1, 0.15) is 71.3 Å². The lowest BCUT2D eigenvalue weighted by molar-refractivity contribution is 0.366. The van der Waals surface area contributed by atoms with E-state index in [9.17, 15) is 4.21 Å². The van der Waals surface area contributed by atoms with Crippen LogP contribution in [0, 0.1) is 5.92 Å². The predicted molar refractivity (Wildman–Crippen MR) is 106 cm³/mol. The smallest absolute Gasteiger partial charge is 0.0948 e. The molecular formula is C19H32BrNOS. The van der Waals surface area contributed by atoms with Gasteiger partial charge in [-0.2, -0.15) is 0 Å². The molecule has 0 aliphatic carbocycles. The molecule has 2 nitrogen and oxygen atoms in total. The Bertz CT molecular complexity index is 490. The molecule has 4 heteroatoms. The van der Waals surface area contributed by atoms with Crippen molar-refractivity contribution in [1.82, 2.24) is 0 Å². The second kappa shape index (κ2) is 10.6. The van der Waals surface area contributed by atoms with E-state index < -0.39 is 11.0 Å². The van der Waals surface area contributed by atoms with Gasteiger partial charge in [-0.15, -0.1) is 0 Å². The van der Waals surface area contributed by atoms with Crippen molar-refractivity contribution in [2.45, 2.75) is 76.9 Å². The molecule has 0 fully saturated rings. The Morgan fingerprint density at radius 1 is 1.17 bits per heavy atom. The van der Waals surface area contributed by atoms with E-state index in [4.69, 9.17) is 5.14 Å². The molecule has 23 heavy (non-hydrogen) atoms. The minimum Gasteiger partial charge on any atom is -0.251 e. The fourth-order valence-corrected chi connectivity index (χ4v) is 3.96. The monoisotopic (exact) mass is 401 g/mol. The van der Waals surface area contributed by atoms with Crippen LogP contribution in [0.4, 0.5) is 0 Å². The topological polar surface area (TPSA) is 43.1 Å². The third-order valence-corrected chi connectivity index (χ3v) is 6.64. The van der Waals surface area contributed by atoms with Gasteiger partial charge in [0.15, 0.2) is 0 Å². The molecule has 1 aromatic carbocycles. The van der Waals surface area contributed by atoms with Gasteiger partial charge in [-0.05, 0) is 50.3 Å². The van der Waals surface area contributed by atoms with Crippen LogP contribution < -0.4 is 5.14 Å². The Morgan fingerprint density at radius 2 is 1.83 bits per heavy atom. The zero-order chi connectivity index (χ0) is 17.3. The van der Waals surface area contributed by atoms with E-state index >= 15 is 0 Å². The number of halogens is 1. The van der Waals surface area contributed by atoms with E-state index in [0.29, 0.717) is 5.92 Å². The van der Waals surface area contributed by atoms with Gasteiger partial charge >= 0.3 is 0 Å². The largest absolute Gasteiger partial charge is 0.251 e. The average Bonchev–Trinajstić information content (AvgIpc) is 2.49. The molecule has 0 saturated carbocycles. The maximum Gasteiger partial charge on any atom is 0.0948 e. The van der Waals surface area contributed by atoms with Crippen LogP contribution >= 0.6 is 15.9 Å². The van der Waals surface area contributed by atoms with E-state index in [-0.39, 0.29) is 4.75 Å². The Hall–Kier alpha value is -0.190. The number of unbranched alkanes of at least 4 members (excludes halogenated alkanes) is 5. The first-order chi connectivity index (χ1) is 10.9. The predicted octanol–water partition coefficient (Wildman–Crippen LogP) is 5.76. The summed E-state index contributed by atoms with van der Waals surface area (Å²) in [5.41, 5.74) is 1.29. The summed E-state index contributed by atoms with van der Waals surface area (Å²) < 4.78 is 12.8. The third kappa shape index (κ3) is 7.49. The van der Waals surface area contributed by atoms with Crippen molar-refractivity contribution in [3.63, 3.8) is 0 Å². The van der Waals surface area contributed by atoms with Crippen molar-refractivity contribution in [1.29, 1.82) is 0 Å². The molecule has 0 bridgehead atoms. The van der Waals surface area contributed by atoms with Gasteiger partial charge in [0.2, 0.25) is 0 Å². The molecule has 0 heterocycles. The maximum absolute atomic E-state index is 12.0. The highest BCUT2D eigenvalue weighted by atomic mass is 79.9. The molecule has 2 atom stereocenters. The van der Waals surface area contributed by atoms with Crippen molar-refractivity contribution in [3.05, 3.63) is 34.3 Å². The lowest BCUT2D eigenvalue weighted by Gasteiger charge is -2.32. The summed E-state index contributed by atoms with van der Waals surface area (Å²) in [6, 6.07) is 8.41. The highest BCUT2D eigenvalue weighted by Crippen LogP contribution is 2.31. The SMILES string of the molecule is CCCCCCCCC(Cc1cccc(Br)c1)C(C)(C)S(N)=O. The van der Waals surface area contributed by atoms with Crippen LogP contribution in [0.15, 0.2) is 28.7 Å². The summed E-state index contributed by atoms with van der Waals surface area (Å²) in [6.07, 6.45) is 9.75. The second-order valence-corrected chi connectivity index (χ2v) is 9.55. The van der Waals surface area contributed by atoms with E-state index in [1.54, 1.807) is 0 Å². The van der Waals surface area contributed by atoms with Gasteiger partial charge < -0.3 is 0 Å². The number of benzene rings is 1. The molecule has 2 N–H and O–H groups in total. The summed E-state index contributed by atoms with van der Waals surface area (Å²) >= 11 is 3.53. The third-order valence-electron chi connectivity index (χ3n) is 4.78. The fourth-order valence-electron chi connectivity index (χ4n) is 2.98. The minimum absolute atomic E-state index is 0.341. The van der Waals surface area contributed by atoms with Crippen molar-refractivity contribution in [2.75, 3.05) is 0 Å². The Kier molecular flexibility index (Phi) is 9.64. The Labute approximate surface area is 153 Å². The lowest BCUT2D eigenvalue weighted by Crippen LogP contribution is -2.41. The summed E-state index contributed by atoms with van der Waals surface area (Å²) in [5, 5.41) is 5.79. The van der Waals surface area contributed by atoms with E-state index in [0.717, 1.165) is 17.3 Å². The minimum atomic E-state index is -1.31. The molecular weight excluding hydrogens is 370 g/mol. The first-order valence-corrected chi connectivity index (χ1v) is 10.8. The van der Waals surface area contributed by atoms with Gasteiger partial charge in [-0.3, -0.25) is 5.14 Å². The summed E-state index contributed by atoms with van der Waals surface area (Å²) in [6.45, 7) is 6.33. The van der Waals surface area contributed by atoms with Crippen molar-refractivity contribution in [2.24, 2.45) is 11.1 Å². The zero-order valence-electron chi connectivity index (χ0n) is 14.8. The molecule has 0 aromatic heterocycles. The quantitative estimate of drug-likeness (QED) is 0.470. The molecule has 0 saturated heterocycles. The standard InChI is InChI=1S/C19H32BrNOS/c1-4-5-6-7-8-9-12-17(19(2,3)23(21)22)14-16-11-10-13-18(20)15-16/h10-11,13,15,17H,4-9,12,14,21H2,1-3H3. The summed E-state index contributed by atoms with van der Waals surface area (Å²) in [7, 11) is -1.31. The van der Waals surface area contributed by atoms with Gasteiger partial charge in [0.1, 0.15) is 0 Å². The average molecular weight is 402 g/mol. The number of hydrogen-bond acceptors (Lipinski definition) is 1. The fraction of sp³-hybridized carbons (Fsp3) is 0.684. The lowest BCUT2D eigenvalue weighted by atomic mass is 9.84. The molecule has 0 radical (unpaired) electrons. The van der Waals surface area contributed by atoms with E-state index in [1.165, 1.54) is 44.1 Å². The molecule has 1 aromatic rings. The van der Waals surface area contributed by atoms with Crippen LogP contribution in [0.25, 0.3) is 0 Å². The molecule has 132 valence electrons. The van der Waals surface area contributed by atoms with Gasteiger partial charge in [-0.25, -0.2) is 4.21 Å². The van der Waals surface area contributed by atoms with Gasteiger partial charge in [0.05, 0.1) is 15.7 Å². The normalized spacial score (nSPS) is 14.7. The van der Waals surface area contributed by atoms with Gasteiger partial charge in [0.25, 0.3) is 0 Å². The van der Waals surface area contributed by atoms with E-state index in [1.807, 2.05) is 19.9 Å². The van der Waals surface area contributed by atoms with E-state index in [2.05, 4.69) is 41.1 Å². The number of hydrogen-bond donors (Lipinski definition) is 1. The Morgan fingerprint density at radius 3 is 2.43 bits per heavy atom. The summed E-state index contributed by atoms with van der Waals surface area (Å²) in [5.74, 6) is 0.341. The highest BCUT2D eigenvalue weighted by molar-refractivity contribution is 9.10. The molecule has 2 unspecified atom stereocenters. The first kappa shape index (κ1) is 20.9. The zero-order valence-corrected chi connectivity index (χ0v) is 17.2. The van der Waals surface area contributed by atoms with Crippen LogP contribution in [0.2, 0.25) is 0 Å². The molecule has 0 amide bonds. The molecule has 1 rings (SSSR count). The van der Waals surface area contributed by atoms with Crippen molar-refractivity contribution in [3.8, 4) is 0 Å². The summed E-state index contributed by atoms with van der Waals surface area (Å²) in [4.78, 5) is 0. The van der Waals surface area contributed by atoms with Crippen LogP contribution in [0.5, 0.6) is 0 Å². The Balaban J connectivity index is 2.65. The number of rotatable bonds is 11. The molecule has 0 aliphatic rings. The number of nitrogens with two attached hydrogens (primary N) is 1. The highest BCUT2D eigenvalue weighted by Gasteiger charge is 2.33. The van der Waals surface area contributed by atoms with Crippen LogP contribution in [-0.4, -0.2) is 8.96 Å². The first-order valence-electron chi connectivity index (χ1n) is 8.78. The van der Waals surface area contributed by atoms with Crippen LogP contribution in [0.3, 0.4) is 0 Å². The molecule has 0 aliphatic heterocycles. The second-order valence-electron chi connectivity index (χ2n) is 6.99. The van der Waals surface area contributed by atoms with Crippen LogP contribution in [-0.2, 0) is 17.4 Å². The maximum atomic E-state index is 12.0. The van der Waals surface area contributed by atoms with Crippen molar-refractivity contribution >= 4 is 26.9 Å². The van der Waals surface area contributed by atoms with Gasteiger partial charge in [0, 0.05) is 4.47 Å². The van der Waals surface area contributed by atoms with Gasteiger partial charge in [-0.1, -0.05) is 73.5 Å².